The number of hydrogen-bond acceptors (Lipinski definition) is 4. The minimum absolute atomic E-state index is 0.0000319. The molecule has 1 amide bonds. The normalized spacial score (nSPS) is 23.2. The Morgan fingerprint density at radius 2 is 2.04 bits per heavy atom. The van der Waals surface area contributed by atoms with E-state index in [1.54, 1.807) is 0 Å². The van der Waals surface area contributed by atoms with Gasteiger partial charge >= 0.3 is 0 Å². The number of H-pyrrole nitrogens is 1. The molecule has 136 valence electrons. The predicted molar refractivity (Wildman–Crippen MR) is 94.0 cm³/mol. The van der Waals surface area contributed by atoms with Crippen molar-refractivity contribution in [3.63, 3.8) is 0 Å². The van der Waals surface area contributed by atoms with Gasteiger partial charge in [0, 0.05) is 24.2 Å². The van der Waals surface area contributed by atoms with Crippen LogP contribution < -0.4 is 10.9 Å². The maximum atomic E-state index is 12.3. The summed E-state index contributed by atoms with van der Waals surface area (Å²) in [5.41, 5.74) is 0.684. The highest BCUT2D eigenvalue weighted by atomic mass is 16.5. The molecule has 6 nitrogen and oxygen atoms in total. The number of ether oxygens (including phenoxy) is 1. The number of carbonyl (C=O) groups is 2. The molecule has 0 saturated heterocycles. The molecule has 2 atom stereocenters. The van der Waals surface area contributed by atoms with E-state index in [1.165, 1.54) is 25.3 Å². The molecule has 3 rings (SSSR count). The molecule has 0 spiro atoms. The van der Waals surface area contributed by atoms with Gasteiger partial charge < -0.3 is 15.0 Å². The number of aromatic nitrogens is 1. The van der Waals surface area contributed by atoms with Crippen LogP contribution in [0.4, 0.5) is 0 Å². The molecule has 6 heteroatoms. The highest BCUT2D eigenvalue weighted by Gasteiger charge is 2.23. The SMILES string of the molecule is C[C@H]1CCCC[C@@H]1OCCNC(=O)c1cc2c([nH]c1=O)CCCC2=O. The average Bonchev–Trinajstić information content (AvgIpc) is 2.59. The van der Waals surface area contributed by atoms with Crippen LogP contribution in [0.25, 0.3) is 0 Å². The van der Waals surface area contributed by atoms with Gasteiger partial charge in [0.25, 0.3) is 11.5 Å². The third-order valence-electron chi connectivity index (χ3n) is 5.25. The number of hydrogen-bond donors (Lipinski definition) is 2. The molecule has 2 aliphatic carbocycles. The summed E-state index contributed by atoms with van der Waals surface area (Å²) in [6.45, 7) is 2.99. The molecule has 0 unspecified atom stereocenters. The molecule has 1 aromatic heterocycles. The van der Waals surface area contributed by atoms with Gasteiger partial charge in [-0.1, -0.05) is 19.8 Å². The first-order chi connectivity index (χ1) is 12.1. The number of fused-ring (bicyclic) bond motifs is 1. The van der Waals surface area contributed by atoms with Crippen LogP contribution in [-0.4, -0.2) is 35.9 Å². The van der Waals surface area contributed by atoms with Gasteiger partial charge in [-0.3, -0.25) is 14.4 Å². The van der Waals surface area contributed by atoms with E-state index in [0.717, 1.165) is 12.8 Å². The molecular formula is C19H26N2O4. The molecule has 1 fully saturated rings. The second kappa shape index (κ2) is 7.95. The molecule has 0 aliphatic heterocycles. The molecule has 2 aliphatic rings. The Balaban J connectivity index is 1.55. The molecule has 0 aromatic carbocycles. The zero-order valence-corrected chi connectivity index (χ0v) is 14.7. The zero-order valence-electron chi connectivity index (χ0n) is 14.7. The van der Waals surface area contributed by atoms with E-state index >= 15 is 0 Å². The fraction of sp³-hybridized carbons (Fsp3) is 0.632. The van der Waals surface area contributed by atoms with Crippen LogP contribution in [0.1, 0.15) is 71.9 Å². The Hall–Kier alpha value is -1.95. The van der Waals surface area contributed by atoms with Crippen molar-refractivity contribution in [3.8, 4) is 0 Å². The van der Waals surface area contributed by atoms with Gasteiger partial charge in [0.2, 0.25) is 0 Å². The first-order valence-corrected chi connectivity index (χ1v) is 9.25. The number of aryl methyl sites for hydroxylation is 1. The van der Waals surface area contributed by atoms with Crippen molar-refractivity contribution in [1.82, 2.24) is 10.3 Å². The van der Waals surface area contributed by atoms with Crippen LogP contribution >= 0.6 is 0 Å². The smallest absolute Gasteiger partial charge is 0.261 e. The monoisotopic (exact) mass is 346 g/mol. The van der Waals surface area contributed by atoms with Crippen LogP contribution in [0.2, 0.25) is 0 Å². The summed E-state index contributed by atoms with van der Waals surface area (Å²) in [7, 11) is 0. The van der Waals surface area contributed by atoms with Crippen molar-refractivity contribution < 1.29 is 14.3 Å². The van der Waals surface area contributed by atoms with Crippen molar-refractivity contribution in [3.05, 3.63) is 33.2 Å². The summed E-state index contributed by atoms with van der Waals surface area (Å²) >= 11 is 0. The molecule has 1 saturated carbocycles. The van der Waals surface area contributed by atoms with E-state index in [1.807, 2.05) is 0 Å². The topological polar surface area (TPSA) is 88.3 Å². The van der Waals surface area contributed by atoms with Crippen molar-refractivity contribution in [2.24, 2.45) is 5.92 Å². The summed E-state index contributed by atoms with van der Waals surface area (Å²) in [5, 5.41) is 2.72. The lowest BCUT2D eigenvalue weighted by Gasteiger charge is -2.28. The van der Waals surface area contributed by atoms with E-state index in [0.29, 0.717) is 43.2 Å². The number of carbonyl (C=O) groups excluding carboxylic acids is 2. The number of rotatable bonds is 5. The standard InChI is InChI=1S/C19H26N2O4/c1-12-5-2-3-8-17(12)25-10-9-20-18(23)14-11-13-15(21-19(14)24)6-4-7-16(13)22/h11-12,17H,2-10H2,1H3,(H,20,23)(H,21,24)/t12-,17-/m0/s1. The van der Waals surface area contributed by atoms with E-state index in [2.05, 4.69) is 17.2 Å². The van der Waals surface area contributed by atoms with E-state index < -0.39 is 11.5 Å². The van der Waals surface area contributed by atoms with Crippen LogP contribution in [-0.2, 0) is 11.2 Å². The van der Waals surface area contributed by atoms with Crippen LogP contribution in [0.3, 0.4) is 0 Å². The Morgan fingerprint density at radius 1 is 1.24 bits per heavy atom. The highest BCUT2D eigenvalue weighted by Crippen LogP contribution is 2.26. The minimum Gasteiger partial charge on any atom is -0.376 e. The Bertz CT molecular complexity index is 710. The van der Waals surface area contributed by atoms with E-state index in [-0.39, 0.29) is 17.5 Å². The summed E-state index contributed by atoms with van der Waals surface area (Å²) in [5.74, 6) is 0.0860. The van der Waals surface area contributed by atoms with Gasteiger partial charge in [0.15, 0.2) is 5.78 Å². The number of ketones is 1. The number of pyridine rings is 1. The second-order valence-corrected chi connectivity index (χ2v) is 7.11. The second-order valence-electron chi connectivity index (χ2n) is 7.11. The molecule has 2 N–H and O–H groups in total. The van der Waals surface area contributed by atoms with Gasteiger partial charge in [-0.05, 0) is 37.7 Å². The van der Waals surface area contributed by atoms with Gasteiger partial charge in [-0.15, -0.1) is 0 Å². The highest BCUT2D eigenvalue weighted by molar-refractivity contribution is 6.01. The Kier molecular flexibility index (Phi) is 5.68. The van der Waals surface area contributed by atoms with Gasteiger partial charge in [0.05, 0.1) is 12.7 Å². The van der Waals surface area contributed by atoms with Crippen molar-refractivity contribution in [1.29, 1.82) is 0 Å². The lowest BCUT2D eigenvalue weighted by molar-refractivity contribution is -0.00294. The maximum absolute atomic E-state index is 12.3. The number of Topliss-reactive ketones (excluding diaryl/α,β-unsaturated/α-hetero) is 1. The zero-order chi connectivity index (χ0) is 17.8. The van der Waals surface area contributed by atoms with E-state index in [4.69, 9.17) is 4.74 Å². The van der Waals surface area contributed by atoms with Crippen LogP contribution in [0, 0.1) is 5.92 Å². The lowest BCUT2D eigenvalue weighted by Crippen LogP contribution is -2.35. The summed E-state index contributed by atoms with van der Waals surface area (Å²) in [4.78, 5) is 39.0. The fourth-order valence-corrected chi connectivity index (χ4v) is 3.74. The molecule has 25 heavy (non-hydrogen) atoms. The quantitative estimate of drug-likeness (QED) is 0.800. The average molecular weight is 346 g/mol. The van der Waals surface area contributed by atoms with E-state index in [9.17, 15) is 14.4 Å². The lowest BCUT2D eigenvalue weighted by atomic mass is 9.88. The third kappa shape index (κ3) is 4.18. The Labute approximate surface area is 147 Å². The molecule has 1 aromatic rings. The number of nitrogens with one attached hydrogen (secondary N) is 2. The Morgan fingerprint density at radius 3 is 2.84 bits per heavy atom. The van der Waals surface area contributed by atoms with Gasteiger partial charge in [-0.2, -0.15) is 0 Å². The predicted octanol–water partition coefficient (Wildman–Crippen LogP) is 2.22. The van der Waals surface area contributed by atoms with Crippen LogP contribution in [0.5, 0.6) is 0 Å². The van der Waals surface area contributed by atoms with Gasteiger partial charge in [-0.25, -0.2) is 0 Å². The minimum atomic E-state index is -0.456. The van der Waals surface area contributed by atoms with Crippen molar-refractivity contribution >= 4 is 11.7 Å². The largest absolute Gasteiger partial charge is 0.376 e. The van der Waals surface area contributed by atoms with Crippen LogP contribution in [0.15, 0.2) is 10.9 Å². The number of amides is 1. The molecule has 0 radical (unpaired) electrons. The molecular weight excluding hydrogens is 320 g/mol. The molecule has 1 heterocycles. The number of aromatic amines is 1. The maximum Gasteiger partial charge on any atom is 0.261 e. The first-order valence-electron chi connectivity index (χ1n) is 9.25. The molecule has 0 bridgehead atoms. The summed E-state index contributed by atoms with van der Waals surface area (Å²) in [6.07, 6.45) is 6.86. The summed E-state index contributed by atoms with van der Waals surface area (Å²) < 4.78 is 5.86. The van der Waals surface area contributed by atoms with Gasteiger partial charge in [0.1, 0.15) is 5.56 Å². The van der Waals surface area contributed by atoms with Crippen molar-refractivity contribution in [2.75, 3.05) is 13.2 Å². The summed E-state index contributed by atoms with van der Waals surface area (Å²) in [6, 6.07) is 1.44. The first kappa shape index (κ1) is 17.9. The van der Waals surface area contributed by atoms with Crippen molar-refractivity contribution in [2.45, 2.75) is 58.0 Å². The third-order valence-corrected chi connectivity index (χ3v) is 5.25. The fourth-order valence-electron chi connectivity index (χ4n) is 3.74.